The Bertz CT molecular complexity index is 977. The highest BCUT2D eigenvalue weighted by molar-refractivity contribution is 5.92. The number of pyridine rings is 2. The molecule has 7 heteroatoms. The smallest absolute Gasteiger partial charge is 0.306 e. The number of aromatic nitrogens is 2. The van der Waals surface area contributed by atoms with E-state index in [0.29, 0.717) is 18.2 Å². The van der Waals surface area contributed by atoms with Crippen molar-refractivity contribution < 1.29 is 14.3 Å². The summed E-state index contributed by atoms with van der Waals surface area (Å²) in [5.74, 6) is 0.458. The molecule has 2 aromatic heterocycles. The second-order valence-corrected chi connectivity index (χ2v) is 6.20. The van der Waals surface area contributed by atoms with Gasteiger partial charge in [0, 0.05) is 24.5 Å². The van der Waals surface area contributed by atoms with E-state index in [9.17, 15) is 9.59 Å². The summed E-state index contributed by atoms with van der Waals surface area (Å²) in [5.41, 5.74) is 2.77. The molecule has 29 heavy (non-hydrogen) atoms. The molecule has 0 atom stereocenters. The summed E-state index contributed by atoms with van der Waals surface area (Å²) in [4.78, 5) is 31.9. The van der Waals surface area contributed by atoms with Gasteiger partial charge in [-0.2, -0.15) is 0 Å². The van der Waals surface area contributed by atoms with Crippen molar-refractivity contribution in [2.45, 2.75) is 19.8 Å². The van der Waals surface area contributed by atoms with Crippen LogP contribution >= 0.6 is 0 Å². The quantitative estimate of drug-likeness (QED) is 0.561. The zero-order valence-electron chi connectivity index (χ0n) is 16.1. The Morgan fingerprint density at radius 2 is 1.55 bits per heavy atom. The van der Waals surface area contributed by atoms with Crippen LogP contribution in [0, 0.1) is 0 Å². The number of nitrogens with zero attached hydrogens (tertiary/aromatic N) is 2. The van der Waals surface area contributed by atoms with E-state index in [0.717, 1.165) is 16.8 Å². The Balaban J connectivity index is 1.67. The lowest BCUT2D eigenvalue weighted by Gasteiger charge is -2.09. The summed E-state index contributed by atoms with van der Waals surface area (Å²) in [6, 6.07) is 17.2. The molecule has 0 bridgehead atoms. The predicted octanol–water partition coefficient (Wildman–Crippen LogP) is 4.17. The molecule has 0 fully saturated rings. The maximum Gasteiger partial charge on any atom is 0.306 e. The van der Waals surface area contributed by atoms with Crippen molar-refractivity contribution in [3.63, 3.8) is 0 Å². The second-order valence-electron chi connectivity index (χ2n) is 6.20. The molecule has 2 N–H and O–H groups in total. The molecule has 0 aliphatic rings. The largest absolute Gasteiger partial charge is 0.466 e. The first-order valence-corrected chi connectivity index (χ1v) is 9.34. The number of benzene rings is 1. The molecule has 3 aromatic rings. The van der Waals surface area contributed by atoms with Gasteiger partial charge in [0.1, 0.15) is 11.6 Å². The number of carbonyl (C=O) groups excluding carboxylic acids is 2. The summed E-state index contributed by atoms with van der Waals surface area (Å²) < 4.78 is 4.83. The molecule has 1 amide bonds. The number of para-hydroxylation sites is 1. The highest BCUT2D eigenvalue weighted by Gasteiger charge is 2.09. The highest BCUT2D eigenvalue weighted by atomic mass is 16.5. The van der Waals surface area contributed by atoms with Crippen LogP contribution in [-0.2, 0) is 14.3 Å². The summed E-state index contributed by atoms with van der Waals surface area (Å²) in [6.45, 7) is 2.03. The van der Waals surface area contributed by atoms with E-state index in [1.807, 2.05) is 48.5 Å². The van der Waals surface area contributed by atoms with Crippen LogP contribution in [0.25, 0.3) is 11.1 Å². The number of carbonyl (C=O) groups is 2. The average Bonchev–Trinajstić information content (AvgIpc) is 2.74. The fourth-order valence-electron chi connectivity index (χ4n) is 2.68. The van der Waals surface area contributed by atoms with Crippen LogP contribution in [0.2, 0.25) is 0 Å². The molecule has 0 saturated carbocycles. The van der Waals surface area contributed by atoms with Crippen LogP contribution in [-0.4, -0.2) is 28.5 Å². The van der Waals surface area contributed by atoms with E-state index < -0.39 is 0 Å². The maximum absolute atomic E-state index is 12.0. The van der Waals surface area contributed by atoms with E-state index in [1.165, 1.54) is 0 Å². The Kier molecular flexibility index (Phi) is 6.89. The van der Waals surface area contributed by atoms with Gasteiger partial charge in [-0.25, -0.2) is 9.97 Å². The number of hydrogen-bond donors (Lipinski definition) is 2. The van der Waals surface area contributed by atoms with Crippen molar-refractivity contribution >= 4 is 29.2 Å². The van der Waals surface area contributed by atoms with Gasteiger partial charge < -0.3 is 15.4 Å². The summed E-state index contributed by atoms with van der Waals surface area (Å²) in [6.07, 6.45) is 3.43. The van der Waals surface area contributed by atoms with Crippen LogP contribution < -0.4 is 10.6 Å². The second kappa shape index (κ2) is 9.98. The lowest BCUT2D eigenvalue weighted by Crippen LogP contribution is -2.15. The standard InChI is InChI=1S/C22H22N4O3/c1-2-29-22(28)9-8-21(27)26-20-15-17(11-13-24-20)16-10-12-23-19(14-16)25-18-6-4-3-5-7-18/h3-7,10-15H,2,8-9H2,1H3,(H,23,25)(H,24,26,27). The van der Waals surface area contributed by atoms with Crippen LogP contribution in [0.15, 0.2) is 67.0 Å². The molecular weight excluding hydrogens is 368 g/mol. The number of nitrogens with one attached hydrogen (secondary N) is 2. The zero-order valence-corrected chi connectivity index (χ0v) is 16.1. The van der Waals surface area contributed by atoms with Gasteiger partial charge in [-0.05, 0) is 54.4 Å². The van der Waals surface area contributed by atoms with Crippen LogP contribution in [0.5, 0.6) is 0 Å². The fraction of sp³-hybridized carbons (Fsp3) is 0.182. The minimum Gasteiger partial charge on any atom is -0.466 e. The van der Waals surface area contributed by atoms with E-state index >= 15 is 0 Å². The lowest BCUT2D eigenvalue weighted by atomic mass is 10.1. The van der Waals surface area contributed by atoms with Gasteiger partial charge in [0.15, 0.2) is 0 Å². The molecule has 0 aliphatic carbocycles. The molecule has 0 aliphatic heterocycles. The first-order valence-electron chi connectivity index (χ1n) is 9.34. The summed E-state index contributed by atoms with van der Waals surface area (Å²) >= 11 is 0. The minimum atomic E-state index is -0.389. The first-order chi connectivity index (χ1) is 14.1. The van der Waals surface area contributed by atoms with Crippen molar-refractivity contribution in [2.24, 2.45) is 0 Å². The molecule has 0 radical (unpaired) electrons. The van der Waals surface area contributed by atoms with Gasteiger partial charge in [0.05, 0.1) is 13.0 Å². The highest BCUT2D eigenvalue weighted by Crippen LogP contribution is 2.24. The monoisotopic (exact) mass is 390 g/mol. The summed E-state index contributed by atoms with van der Waals surface area (Å²) in [7, 11) is 0. The van der Waals surface area contributed by atoms with E-state index in [2.05, 4.69) is 20.6 Å². The van der Waals surface area contributed by atoms with Crippen molar-refractivity contribution in [3.8, 4) is 11.1 Å². The Labute approximate surface area is 169 Å². The van der Waals surface area contributed by atoms with Crippen molar-refractivity contribution in [3.05, 3.63) is 67.0 Å². The fourth-order valence-corrected chi connectivity index (χ4v) is 2.68. The van der Waals surface area contributed by atoms with Crippen LogP contribution in [0.4, 0.5) is 17.3 Å². The van der Waals surface area contributed by atoms with Gasteiger partial charge in [-0.15, -0.1) is 0 Å². The number of amides is 1. The normalized spacial score (nSPS) is 10.2. The molecule has 0 saturated heterocycles. The van der Waals surface area contributed by atoms with E-state index in [-0.39, 0.29) is 24.7 Å². The Morgan fingerprint density at radius 1 is 0.897 bits per heavy atom. The SMILES string of the molecule is CCOC(=O)CCC(=O)Nc1cc(-c2ccnc(Nc3ccccc3)c2)ccn1. The molecule has 2 heterocycles. The van der Waals surface area contributed by atoms with Crippen LogP contribution in [0.3, 0.4) is 0 Å². The average molecular weight is 390 g/mol. The molecule has 1 aromatic carbocycles. The topological polar surface area (TPSA) is 93.2 Å². The third kappa shape index (κ3) is 6.14. The zero-order chi connectivity index (χ0) is 20.5. The third-order valence-electron chi connectivity index (χ3n) is 4.03. The lowest BCUT2D eigenvalue weighted by molar-refractivity contribution is -0.144. The number of esters is 1. The molecular formula is C22H22N4O3. The predicted molar refractivity (Wildman–Crippen MR) is 112 cm³/mol. The Hall–Kier alpha value is -3.74. The van der Waals surface area contributed by atoms with Gasteiger partial charge >= 0.3 is 5.97 Å². The number of rotatable bonds is 8. The van der Waals surface area contributed by atoms with Crippen molar-refractivity contribution in [1.82, 2.24) is 9.97 Å². The maximum atomic E-state index is 12.0. The Morgan fingerprint density at radius 3 is 2.24 bits per heavy atom. The van der Waals surface area contributed by atoms with Gasteiger partial charge in [0.2, 0.25) is 5.91 Å². The van der Waals surface area contributed by atoms with Gasteiger partial charge in [0.25, 0.3) is 0 Å². The summed E-state index contributed by atoms with van der Waals surface area (Å²) in [5, 5.41) is 5.97. The minimum absolute atomic E-state index is 0.0399. The molecule has 7 nitrogen and oxygen atoms in total. The molecule has 0 spiro atoms. The van der Waals surface area contributed by atoms with Crippen LogP contribution in [0.1, 0.15) is 19.8 Å². The number of ether oxygens (including phenoxy) is 1. The molecule has 0 unspecified atom stereocenters. The van der Waals surface area contributed by atoms with E-state index in [1.54, 1.807) is 25.4 Å². The number of hydrogen-bond acceptors (Lipinski definition) is 6. The van der Waals surface area contributed by atoms with Gasteiger partial charge in [-0.1, -0.05) is 18.2 Å². The molecule has 148 valence electrons. The van der Waals surface area contributed by atoms with Crippen molar-refractivity contribution in [1.29, 1.82) is 0 Å². The van der Waals surface area contributed by atoms with Crippen molar-refractivity contribution in [2.75, 3.05) is 17.2 Å². The first kappa shape index (κ1) is 20.0. The van der Waals surface area contributed by atoms with Gasteiger partial charge in [-0.3, -0.25) is 9.59 Å². The third-order valence-corrected chi connectivity index (χ3v) is 4.03. The number of anilines is 3. The molecule has 3 rings (SSSR count). The van der Waals surface area contributed by atoms with E-state index in [4.69, 9.17) is 4.74 Å².